The minimum Gasteiger partial charge on any atom is -0.352 e. The summed E-state index contributed by atoms with van der Waals surface area (Å²) in [6, 6.07) is 0. The van der Waals surface area contributed by atoms with Crippen molar-refractivity contribution in [3.05, 3.63) is 0 Å². The number of ether oxygens (including phenoxy) is 2. The molecule has 0 aromatic heterocycles. The number of rotatable bonds is 8. The Balaban J connectivity index is 3.76. The van der Waals surface area contributed by atoms with Crippen molar-refractivity contribution in [3.8, 4) is 0 Å². The van der Waals surface area contributed by atoms with Gasteiger partial charge in [-0.15, -0.1) is 0 Å². The molecule has 17 heavy (non-hydrogen) atoms. The van der Waals surface area contributed by atoms with Crippen molar-refractivity contribution in [2.75, 3.05) is 26.3 Å². The number of hydrogen-bond acceptors (Lipinski definition) is 4. The van der Waals surface area contributed by atoms with E-state index in [0.29, 0.717) is 19.8 Å². The fourth-order valence-corrected chi connectivity index (χ4v) is 1.30. The van der Waals surface area contributed by atoms with Crippen LogP contribution in [0.25, 0.3) is 0 Å². The Morgan fingerprint density at radius 1 is 1.18 bits per heavy atom. The molecule has 0 saturated carbocycles. The van der Waals surface area contributed by atoms with Crippen LogP contribution < -0.4 is 10.6 Å². The Morgan fingerprint density at radius 2 is 1.71 bits per heavy atom. The van der Waals surface area contributed by atoms with Crippen LogP contribution in [0.4, 0.5) is 0 Å². The molecule has 0 heterocycles. The van der Waals surface area contributed by atoms with Gasteiger partial charge in [0.2, 0.25) is 5.91 Å². The number of carbonyl (C=O) groups is 1. The van der Waals surface area contributed by atoms with Gasteiger partial charge in [-0.3, -0.25) is 4.79 Å². The summed E-state index contributed by atoms with van der Waals surface area (Å²) >= 11 is 0. The fourth-order valence-electron chi connectivity index (χ4n) is 1.30. The molecule has 2 N–H and O–H groups in total. The molecular weight excluding hydrogens is 220 g/mol. The van der Waals surface area contributed by atoms with Gasteiger partial charge in [-0.2, -0.15) is 0 Å². The lowest BCUT2D eigenvalue weighted by molar-refractivity contribution is -0.134. The van der Waals surface area contributed by atoms with Gasteiger partial charge in [0.25, 0.3) is 0 Å². The molecule has 0 rings (SSSR count). The third-order valence-corrected chi connectivity index (χ3v) is 1.82. The molecule has 0 aliphatic carbocycles. The minimum atomic E-state index is -0.285. The standard InChI is InChI=1S/C12H26N2O3/c1-6-16-11(17-7-2)9-13-8-10(15)14-12(3,4)5/h11,13H,6-9H2,1-5H3,(H,14,15). The third kappa shape index (κ3) is 10.2. The van der Waals surface area contributed by atoms with Gasteiger partial charge < -0.3 is 20.1 Å². The molecule has 0 aromatic carbocycles. The average Bonchev–Trinajstić information content (AvgIpc) is 2.15. The lowest BCUT2D eigenvalue weighted by Gasteiger charge is -2.21. The number of nitrogens with one attached hydrogen (secondary N) is 2. The maximum absolute atomic E-state index is 11.5. The molecular formula is C12H26N2O3. The monoisotopic (exact) mass is 246 g/mol. The Kier molecular flexibility index (Phi) is 8.12. The first-order valence-electron chi connectivity index (χ1n) is 6.14. The van der Waals surface area contributed by atoms with Crippen LogP contribution in [-0.2, 0) is 14.3 Å². The molecule has 0 fully saturated rings. The number of amides is 1. The Hall–Kier alpha value is -0.650. The normalized spacial score (nSPS) is 11.9. The highest BCUT2D eigenvalue weighted by Crippen LogP contribution is 1.97. The predicted octanol–water partition coefficient (Wildman–Crippen LogP) is 0.890. The van der Waals surface area contributed by atoms with Crippen molar-refractivity contribution in [3.63, 3.8) is 0 Å². The Labute approximate surface area is 104 Å². The summed E-state index contributed by atoms with van der Waals surface area (Å²) in [5, 5.41) is 5.89. The van der Waals surface area contributed by atoms with Gasteiger partial charge >= 0.3 is 0 Å². The lowest BCUT2D eigenvalue weighted by atomic mass is 10.1. The van der Waals surface area contributed by atoms with Crippen LogP contribution in [0.15, 0.2) is 0 Å². The molecule has 5 nitrogen and oxygen atoms in total. The predicted molar refractivity (Wildman–Crippen MR) is 67.8 cm³/mol. The largest absolute Gasteiger partial charge is 0.352 e. The van der Waals surface area contributed by atoms with Crippen molar-refractivity contribution in [1.29, 1.82) is 0 Å². The van der Waals surface area contributed by atoms with E-state index < -0.39 is 0 Å². The number of hydrogen-bond donors (Lipinski definition) is 2. The van der Waals surface area contributed by atoms with Crippen molar-refractivity contribution >= 4 is 5.91 Å². The molecule has 0 radical (unpaired) electrons. The fraction of sp³-hybridized carbons (Fsp3) is 0.917. The average molecular weight is 246 g/mol. The summed E-state index contributed by atoms with van der Waals surface area (Å²) in [6.07, 6.45) is -0.285. The first-order valence-corrected chi connectivity index (χ1v) is 6.14. The van der Waals surface area contributed by atoms with E-state index in [4.69, 9.17) is 9.47 Å². The lowest BCUT2D eigenvalue weighted by Crippen LogP contribution is -2.46. The van der Waals surface area contributed by atoms with E-state index in [1.807, 2.05) is 34.6 Å². The minimum absolute atomic E-state index is 0.0238. The third-order valence-electron chi connectivity index (χ3n) is 1.82. The highest BCUT2D eigenvalue weighted by molar-refractivity contribution is 5.78. The van der Waals surface area contributed by atoms with Gasteiger partial charge in [0.1, 0.15) is 0 Å². The van der Waals surface area contributed by atoms with Crippen molar-refractivity contribution in [2.24, 2.45) is 0 Å². The first-order chi connectivity index (χ1) is 7.89. The summed E-state index contributed by atoms with van der Waals surface area (Å²) < 4.78 is 10.7. The van der Waals surface area contributed by atoms with Gasteiger partial charge in [-0.1, -0.05) is 0 Å². The smallest absolute Gasteiger partial charge is 0.234 e. The van der Waals surface area contributed by atoms with Gasteiger partial charge in [0.05, 0.1) is 6.54 Å². The zero-order valence-electron chi connectivity index (χ0n) is 11.6. The zero-order valence-corrected chi connectivity index (χ0v) is 11.6. The van der Waals surface area contributed by atoms with Crippen LogP contribution in [0.3, 0.4) is 0 Å². The Bertz CT molecular complexity index is 208. The quantitative estimate of drug-likeness (QED) is 0.624. The van der Waals surface area contributed by atoms with E-state index in [-0.39, 0.29) is 24.3 Å². The molecule has 0 aromatic rings. The molecule has 0 unspecified atom stereocenters. The SMILES string of the molecule is CCOC(CNCC(=O)NC(C)(C)C)OCC. The summed E-state index contributed by atoms with van der Waals surface area (Å²) in [5.74, 6) is -0.0238. The van der Waals surface area contributed by atoms with Gasteiger partial charge in [-0.25, -0.2) is 0 Å². The van der Waals surface area contributed by atoms with Crippen molar-refractivity contribution in [1.82, 2.24) is 10.6 Å². The number of carbonyl (C=O) groups excluding carboxylic acids is 1. The van der Waals surface area contributed by atoms with Gasteiger partial charge in [0.15, 0.2) is 6.29 Å². The highest BCUT2D eigenvalue weighted by Gasteiger charge is 2.14. The summed E-state index contributed by atoms with van der Waals surface area (Å²) in [4.78, 5) is 11.5. The van der Waals surface area contributed by atoms with Crippen molar-refractivity contribution < 1.29 is 14.3 Å². The van der Waals surface area contributed by atoms with E-state index in [1.54, 1.807) is 0 Å². The molecule has 0 aliphatic rings. The second-order valence-electron chi connectivity index (χ2n) is 4.77. The van der Waals surface area contributed by atoms with E-state index in [0.717, 1.165) is 0 Å². The topological polar surface area (TPSA) is 59.6 Å². The molecule has 0 aliphatic heterocycles. The first kappa shape index (κ1) is 16.4. The Morgan fingerprint density at radius 3 is 2.12 bits per heavy atom. The molecule has 102 valence electrons. The summed E-state index contributed by atoms with van der Waals surface area (Å²) in [6.45, 7) is 11.7. The van der Waals surface area contributed by atoms with Gasteiger partial charge in [0, 0.05) is 25.3 Å². The zero-order chi connectivity index (χ0) is 13.3. The van der Waals surface area contributed by atoms with Crippen LogP contribution in [0.2, 0.25) is 0 Å². The maximum atomic E-state index is 11.5. The van der Waals surface area contributed by atoms with Crippen LogP contribution in [0.1, 0.15) is 34.6 Å². The van der Waals surface area contributed by atoms with Crippen molar-refractivity contribution in [2.45, 2.75) is 46.4 Å². The molecule has 0 saturated heterocycles. The molecule has 0 spiro atoms. The molecule has 5 heteroatoms. The molecule has 0 atom stereocenters. The van der Waals surface area contributed by atoms with Gasteiger partial charge in [-0.05, 0) is 34.6 Å². The molecule has 1 amide bonds. The van der Waals surface area contributed by atoms with E-state index in [2.05, 4.69) is 10.6 Å². The van der Waals surface area contributed by atoms with E-state index >= 15 is 0 Å². The second-order valence-corrected chi connectivity index (χ2v) is 4.77. The summed E-state index contributed by atoms with van der Waals surface area (Å²) in [5.41, 5.74) is -0.196. The van der Waals surface area contributed by atoms with Crippen LogP contribution >= 0.6 is 0 Å². The van der Waals surface area contributed by atoms with E-state index in [1.165, 1.54) is 0 Å². The van der Waals surface area contributed by atoms with Crippen LogP contribution in [-0.4, -0.2) is 44.0 Å². The second kappa shape index (κ2) is 8.44. The van der Waals surface area contributed by atoms with Crippen LogP contribution in [0, 0.1) is 0 Å². The summed E-state index contributed by atoms with van der Waals surface area (Å²) in [7, 11) is 0. The molecule has 0 bridgehead atoms. The van der Waals surface area contributed by atoms with Crippen LogP contribution in [0.5, 0.6) is 0 Å². The van der Waals surface area contributed by atoms with E-state index in [9.17, 15) is 4.79 Å². The maximum Gasteiger partial charge on any atom is 0.234 e. The highest BCUT2D eigenvalue weighted by atomic mass is 16.7.